The van der Waals surface area contributed by atoms with Crippen molar-refractivity contribution < 1.29 is 19.0 Å². The van der Waals surface area contributed by atoms with Gasteiger partial charge in [-0.3, -0.25) is 0 Å². The number of carbonyl (C=O) groups excluding carboxylic acids is 1. The predicted octanol–water partition coefficient (Wildman–Crippen LogP) is 4.28. The summed E-state index contributed by atoms with van der Waals surface area (Å²) in [7, 11) is 3.13. The maximum Gasteiger partial charge on any atom is 0.336 e. The topological polar surface area (TPSA) is 44.8 Å². The van der Waals surface area contributed by atoms with Crippen LogP contribution < -0.4 is 14.2 Å². The first-order valence-electron chi connectivity index (χ1n) is 6.91. The van der Waals surface area contributed by atoms with Gasteiger partial charge in [-0.15, -0.1) is 0 Å². The van der Waals surface area contributed by atoms with Crippen molar-refractivity contribution in [3.05, 3.63) is 58.6 Å². The van der Waals surface area contributed by atoms with Gasteiger partial charge in [0.1, 0.15) is 5.75 Å². The molecule has 23 heavy (non-hydrogen) atoms. The molecule has 2 aromatic carbocycles. The highest BCUT2D eigenvalue weighted by Crippen LogP contribution is 2.28. The van der Waals surface area contributed by atoms with Gasteiger partial charge in [-0.25, -0.2) is 4.79 Å². The number of ether oxygens (including phenoxy) is 3. The van der Waals surface area contributed by atoms with E-state index in [0.717, 1.165) is 11.1 Å². The van der Waals surface area contributed by atoms with Crippen LogP contribution >= 0.6 is 11.6 Å². The lowest BCUT2D eigenvalue weighted by Crippen LogP contribution is -2.03. The summed E-state index contributed by atoms with van der Waals surface area (Å²) in [6, 6.07) is 10.4. The zero-order chi connectivity index (χ0) is 16.8. The summed E-state index contributed by atoms with van der Waals surface area (Å²) < 4.78 is 15.6. The lowest BCUT2D eigenvalue weighted by Gasteiger charge is -2.07. The molecule has 2 rings (SSSR count). The summed E-state index contributed by atoms with van der Waals surface area (Å²) in [5.41, 5.74) is 1.65. The van der Waals surface area contributed by atoms with Crippen molar-refractivity contribution in [1.29, 1.82) is 0 Å². The second-order valence-corrected chi connectivity index (χ2v) is 5.19. The standard InChI is InChI=1S/C18H17ClO4/c1-12-10-14(6-7-15(12)19)23-18(20)9-5-13-4-8-16(21-2)17(11-13)22-3/h4-11H,1-3H3/b9-5+. The van der Waals surface area contributed by atoms with Gasteiger partial charge in [-0.1, -0.05) is 17.7 Å². The Kier molecular flexibility index (Phi) is 5.66. The van der Waals surface area contributed by atoms with E-state index in [1.165, 1.54) is 6.08 Å². The second-order valence-electron chi connectivity index (χ2n) is 4.78. The first kappa shape index (κ1) is 16.9. The van der Waals surface area contributed by atoms with Crippen LogP contribution in [0.5, 0.6) is 17.2 Å². The van der Waals surface area contributed by atoms with E-state index in [2.05, 4.69) is 0 Å². The number of benzene rings is 2. The molecule has 120 valence electrons. The molecule has 0 atom stereocenters. The fraction of sp³-hybridized carbons (Fsp3) is 0.167. The molecule has 0 amide bonds. The Bertz CT molecular complexity index is 738. The molecule has 4 nitrogen and oxygen atoms in total. The molecule has 0 heterocycles. The van der Waals surface area contributed by atoms with Crippen molar-refractivity contribution in [1.82, 2.24) is 0 Å². The quantitative estimate of drug-likeness (QED) is 0.465. The van der Waals surface area contributed by atoms with Gasteiger partial charge in [0, 0.05) is 11.1 Å². The first-order chi connectivity index (χ1) is 11.0. The molecule has 0 spiro atoms. The van der Waals surface area contributed by atoms with Crippen LogP contribution in [0.4, 0.5) is 0 Å². The Morgan fingerprint density at radius 1 is 1.04 bits per heavy atom. The van der Waals surface area contributed by atoms with E-state index in [1.807, 2.05) is 13.0 Å². The largest absolute Gasteiger partial charge is 0.493 e. The SMILES string of the molecule is COc1ccc(/C=C/C(=O)Oc2ccc(Cl)c(C)c2)cc1OC. The minimum Gasteiger partial charge on any atom is -0.493 e. The van der Waals surface area contributed by atoms with E-state index in [0.29, 0.717) is 22.3 Å². The third-order valence-corrected chi connectivity index (χ3v) is 3.59. The summed E-state index contributed by atoms with van der Waals surface area (Å²) in [4.78, 5) is 11.9. The van der Waals surface area contributed by atoms with Gasteiger partial charge in [-0.05, 0) is 54.5 Å². The number of hydrogen-bond donors (Lipinski definition) is 0. The zero-order valence-electron chi connectivity index (χ0n) is 13.1. The molecule has 0 saturated heterocycles. The van der Waals surface area contributed by atoms with Crippen LogP contribution in [0.15, 0.2) is 42.5 Å². The maximum atomic E-state index is 11.9. The summed E-state index contributed by atoms with van der Waals surface area (Å²) in [6.07, 6.45) is 3.00. The molecule has 0 unspecified atom stereocenters. The molecule has 0 radical (unpaired) electrons. The van der Waals surface area contributed by atoms with Crippen LogP contribution in [0.1, 0.15) is 11.1 Å². The van der Waals surface area contributed by atoms with Crippen LogP contribution in [-0.4, -0.2) is 20.2 Å². The summed E-state index contributed by atoms with van der Waals surface area (Å²) in [5, 5.41) is 0.630. The van der Waals surface area contributed by atoms with Gasteiger partial charge in [-0.2, -0.15) is 0 Å². The van der Waals surface area contributed by atoms with Crippen LogP contribution in [-0.2, 0) is 4.79 Å². The molecule has 0 bridgehead atoms. The van der Waals surface area contributed by atoms with Gasteiger partial charge in [0.05, 0.1) is 14.2 Å². The number of esters is 1. The van der Waals surface area contributed by atoms with Crippen molar-refractivity contribution >= 4 is 23.6 Å². The smallest absolute Gasteiger partial charge is 0.336 e. The molecule has 0 aromatic heterocycles. The molecular formula is C18H17ClO4. The fourth-order valence-corrected chi connectivity index (χ4v) is 2.07. The molecular weight excluding hydrogens is 316 g/mol. The average Bonchev–Trinajstić information content (AvgIpc) is 2.56. The van der Waals surface area contributed by atoms with E-state index >= 15 is 0 Å². The van der Waals surface area contributed by atoms with Crippen molar-refractivity contribution in [2.24, 2.45) is 0 Å². The van der Waals surface area contributed by atoms with Crippen LogP contribution in [0.3, 0.4) is 0 Å². The van der Waals surface area contributed by atoms with Gasteiger partial charge in [0.15, 0.2) is 11.5 Å². The van der Waals surface area contributed by atoms with E-state index in [4.69, 9.17) is 25.8 Å². The Morgan fingerprint density at radius 3 is 2.43 bits per heavy atom. The monoisotopic (exact) mass is 332 g/mol. The second kappa shape index (κ2) is 7.70. The third-order valence-electron chi connectivity index (χ3n) is 3.17. The molecule has 0 N–H and O–H groups in total. The van der Waals surface area contributed by atoms with Gasteiger partial charge in [0.2, 0.25) is 0 Å². The fourth-order valence-electron chi connectivity index (χ4n) is 1.95. The maximum absolute atomic E-state index is 11.9. The van der Waals surface area contributed by atoms with E-state index < -0.39 is 5.97 Å². The number of methoxy groups -OCH3 is 2. The summed E-state index contributed by atoms with van der Waals surface area (Å²) in [6.45, 7) is 1.85. The van der Waals surface area contributed by atoms with Gasteiger partial charge in [0.25, 0.3) is 0 Å². The molecule has 0 aliphatic heterocycles. The van der Waals surface area contributed by atoms with Crippen molar-refractivity contribution in [2.75, 3.05) is 14.2 Å². The highest BCUT2D eigenvalue weighted by Gasteiger charge is 2.05. The van der Waals surface area contributed by atoms with Crippen LogP contribution in [0, 0.1) is 6.92 Å². The summed E-state index contributed by atoms with van der Waals surface area (Å²) in [5.74, 6) is 1.20. The Hall–Kier alpha value is -2.46. The molecule has 0 aliphatic rings. The Labute approximate surface area is 140 Å². The molecule has 2 aromatic rings. The van der Waals surface area contributed by atoms with Gasteiger partial charge < -0.3 is 14.2 Å². The lowest BCUT2D eigenvalue weighted by molar-refractivity contribution is -0.128. The Morgan fingerprint density at radius 2 is 1.78 bits per heavy atom. The van der Waals surface area contributed by atoms with Crippen LogP contribution in [0.2, 0.25) is 5.02 Å². The highest BCUT2D eigenvalue weighted by molar-refractivity contribution is 6.31. The van der Waals surface area contributed by atoms with Crippen molar-refractivity contribution in [3.63, 3.8) is 0 Å². The number of aryl methyl sites for hydroxylation is 1. The van der Waals surface area contributed by atoms with E-state index in [-0.39, 0.29) is 0 Å². The Balaban J connectivity index is 2.07. The van der Waals surface area contributed by atoms with E-state index in [9.17, 15) is 4.79 Å². The number of hydrogen-bond acceptors (Lipinski definition) is 4. The number of halogens is 1. The van der Waals surface area contributed by atoms with Crippen molar-refractivity contribution in [2.45, 2.75) is 6.92 Å². The van der Waals surface area contributed by atoms with Crippen LogP contribution in [0.25, 0.3) is 6.08 Å². The van der Waals surface area contributed by atoms with E-state index in [1.54, 1.807) is 50.6 Å². The predicted molar refractivity (Wildman–Crippen MR) is 90.4 cm³/mol. The van der Waals surface area contributed by atoms with Gasteiger partial charge >= 0.3 is 5.97 Å². The normalized spacial score (nSPS) is 10.6. The zero-order valence-corrected chi connectivity index (χ0v) is 13.9. The number of carbonyl (C=O) groups is 1. The van der Waals surface area contributed by atoms with Crippen molar-refractivity contribution in [3.8, 4) is 17.2 Å². The summed E-state index contributed by atoms with van der Waals surface area (Å²) >= 11 is 5.94. The minimum atomic E-state index is -0.471. The highest BCUT2D eigenvalue weighted by atomic mass is 35.5. The number of rotatable bonds is 5. The minimum absolute atomic E-state index is 0.453. The average molecular weight is 333 g/mol. The molecule has 0 aliphatic carbocycles. The first-order valence-corrected chi connectivity index (χ1v) is 7.29. The molecule has 0 fully saturated rings. The molecule has 5 heteroatoms. The third kappa shape index (κ3) is 4.50. The lowest BCUT2D eigenvalue weighted by atomic mass is 10.2. The molecule has 0 saturated carbocycles.